The largest absolute Gasteiger partial charge is 0.304 e. The number of nitrogens with one attached hydrogen (secondary N) is 1. The summed E-state index contributed by atoms with van der Waals surface area (Å²) in [5.74, 6) is 0. The third-order valence-electron chi connectivity index (χ3n) is 3.02. The van der Waals surface area contributed by atoms with Gasteiger partial charge in [0.05, 0.1) is 26.2 Å². The predicted octanol–water partition coefficient (Wildman–Crippen LogP) is 4.97. The van der Waals surface area contributed by atoms with Crippen LogP contribution in [-0.2, 0) is 6.54 Å². The fraction of sp³-hybridized carbons (Fsp3) is 0.500. The summed E-state index contributed by atoms with van der Waals surface area (Å²) in [5, 5.41) is 8.13. The van der Waals surface area contributed by atoms with E-state index in [4.69, 9.17) is 0 Å². The number of nitrogens with zero attached hydrogens (tertiary/aromatic N) is 2. The number of rotatable bonds is 7. The standard InChI is InChI=1S/C14H19Br2N3S/c1-3-7-17-13(11-5-6-12(16)20-11)14-10(15)9-18-19(14)8-4-2/h5-6,9,13,17H,3-4,7-8H2,1-2H3. The van der Waals surface area contributed by atoms with E-state index < -0.39 is 0 Å². The summed E-state index contributed by atoms with van der Waals surface area (Å²) in [4.78, 5) is 1.31. The molecule has 0 aliphatic carbocycles. The van der Waals surface area contributed by atoms with E-state index in [2.05, 4.69) is 72.9 Å². The maximum atomic E-state index is 4.49. The van der Waals surface area contributed by atoms with Crippen molar-refractivity contribution >= 4 is 43.2 Å². The summed E-state index contributed by atoms with van der Waals surface area (Å²) in [6, 6.07) is 4.47. The van der Waals surface area contributed by atoms with Crippen molar-refractivity contribution in [2.75, 3.05) is 6.54 Å². The van der Waals surface area contributed by atoms with E-state index in [1.807, 2.05) is 6.20 Å². The summed E-state index contributed by atoms with van der Waals surface area (Å²) < 4.78 is 4.34. The van der Waals surface area contributed by atoms with E-state index in [0.717, 1.165) is 34.2 Å². The molecule has 0 bridgehead atoms. The monoisotopic (exact) mass is 419 g/mol. The maximum absolute atomic E-state index is 4.49. The molecule has 0 fully saturated rings. The summed E-state index contributed by atoms with van der Waals surface area (Å²) in [7, 11) is 0. The molecular weight excluding hydrogens is 402 g/mol. The van der Waals surface area contributed by atoms with Gasteiger partial charge in [-0.2, -0.15) is 5.10 Å². The van der Waals surface area contributed by atoms with Crippen LogP contribution in [0.2, 0.25) is 0 Å². The first-order chi connectivity index (χ1) is 9.67. The fourth-order valence-electron chi connectivity index (χ4n) is 2.15. The number of hydrogen-bond donors (Lipinski definition) is 1. The minimum atomic E-state index is 0.190. The summed E-state index contributed by atoms with van der Waals surface area (Å²) in [6.07, 6.45) is 4.09. The van der Waals surface area contributed by atoms with Crippen molar-refractivity contribution in [1.29, 1.82) is 0 Å². The van der Waals surface area contributed by atoms with Gasteiger partial charge in [-0.15, -0.1) is 11.3 Å². The van der Waals surface area contributed by atoms with Crippen molar-refractivity contribution in [2.45, 2.75) is 39.3 Å². The molecule has 6 heteroatoms. The molecule has 0 aromatic carbocycles. The van der Waals surface area contributed by atoms with E-state index in [9.17, 15) is 0 Å². The molecule has 0 spiro atoms. The molecule has 0 amide bonds. The van der Waals surface area contributed by atoms with Gasteiger partial charge < -0.3 is 5.32 Å². The van der Waals surface area contributed by atoms with Crippen LogP contribution in [0.25, 0.3) is 0 Å². The molecule has 110 valence electrons. The zero-order valence-corrected chi connectivity index (χ0v) is 15.7. The Morgan fingerprint density at radius 1 is 1.30 bits per heavy atom. The van der Waals surface area contributed by atoms with Gasteiger partial charge in [-0.25, -0.2) is 0 Å². The second-order valence-corrected chi connectivity index (χ2v) is 7.98. The molecule has 1 N–H and O–H groups in total. The van der Waals surface area contributed by atoms with Gasteiger partial charge in [-0.05, 0) is 63.4 Å². The lowest BCUT2D eigenvalue weighted by Gasteiger charge is -2.19. The molecule has 1 unspecified atom stereocenters. The topological polar surface area (TPSA) is 29.9 Å². The SMILES string of the molecule is CCCNC(c1ccc(Br)s1)c1c(Br)cnn1CCC. The van der Waals surface area contributed by atoms with Crippen molar-refractivity contribution < 1.29 is 0 Å². The first kappa shape index (κ1) is 16.2. The quantitative estimate of drug-likeness (QED) is 0.685. The highest BCUT2D eigenvalue weighted by molar-refractivity contribution is 9.11. The molecule has 0 aliphatic heterocycles. The van der Waals surface area contributed by atoms with Crippen LogP contribution in [0.3, 0.4) is 0 Å². The number of hydrogen-bond acceptors (Lipinski definition) is 3. The zero-order chi connectivity index (χ0) is 14.5. The van der Waals surface area contributed by atoms with Crippen LogP contribution in [-0.4, -0.2) is 16.3 Å². The highest BCUT2D eigenvalue weighted by Crippen LogP contribution is 2.34. The Morgan fingerprint density at radius 2 is 2.10 bits per heavy atom. The fourth-order valence-corrected chi connectivity index (χ4v) is 4.18. The summed E-state index contributed by atoms with van der Waals surface area (Å²) in [6.45, 7) is 6.30. The van der Waals surface area contributed by atoms with Crippen molar-refractivity contribution in [3.8, 4) is 0 Å². The highest BCUT2D eigenvalue weighted by Gasteiger charge is 2.22. The van der Waals surface area contributed by atoms with Gasteiger partial charge >= 0.3 is 0 Å². The van der Waals surface area contributed by atoms with Crippen LogP contribution in [0.1, 0.15) is 43.3 Å². The summed E-state index contributed by atoms with van der Waals surface area (Å²) in [5.41, 5.74) is 1.22. The van der Waals surface area contributed by atoms with Crippen molar-refractivity contribution in [3.63, 3.8) is 0 Å². The number of aromatic nitrogens is 2. The van der Waals surface area contributed by atoms with Crippen LogP contribution >= 0.6 is 43.2 Å². The van der Waals surface area contributed by atoms with E-state index in [0.29, 0.717) is 0 Å². The van der Waals surface area contributed by atoms with Gasteiger partial charge in [0.1, 0.15) is 0 Å². The molecule has 2 rings (SSSR count). The maximum Gasteiger partial charge on any atom is 0.0853 e. The molecule has 1 atom stereocenters. The molecule has 0 saturated heterocycles. The Labute approximate surface area is 141 Å². The summed E-state index contributed by atoms with van der Waals surface area (Å²) >= 11 is 8.98. The Morgan fingerprint density at radius 3 is 2.70 bits per heavy atom. The zero-order valence-electron chi connectivity index (χ0n) is 11.7. The average molecular weight is 421 g/mol. The second kappa shape index (κ2) is 7.73. The van der Waals surface area contributed by atoms with Gasteiger partial charge in [-0.3, -0.25) is 4.68 Å². The molecule has 20 heavy (non-hydrogen) atoms. The lowest BCUT2D eigenvalue weighted by atomic mass is 10.1. The van der Waals surface area contributed by atoms with E-state index in [-0.39, 0.29) is 6.04 Å². The lowest BCUT2D eigenvalue weighted by molar-refractivity contribution is 0.514. The van der Waals surface area contributed by atoms with Crippen LogP contribution < -0.4 is 5.32 Å². The molecule has 0 saturated carbocycles. The van der Waals surface area contributed by atoms with E-state index in [1.54, 1.807) is 11.3 Å². The van der Waals surface area contributed by atoms with Gasteiger partial charge in [0.25, 0.3) is 0 Å². The Bertz CT molecular complexity index is 550. The minimum Gasteiger partial charge on any atom is -0.304 e. The molecule has 2 heterocycles. The Hall–Kier alpha value is -0.170. The van der Waals surface area contributed by atoms with Gasteiger partial charge in [0.2, 0.25) is 0 Å². The van der Waals surface area contributed by atoms with Gasteiger partial charge in [0, 0.05) is 11.4 Å². The molecule has 0 aliphatic rings. The molecule has 2 aromatic rings. The Kier molecular flexibility index (Phi) is 6.26. The first-order valence-electron chi connectivity index (χ1n) is 6.87. The molecular formula is C14H19Br2N3S. The normalized spacial score (nSPS) is 12.8. The van der Waals surface area contributed by atoms with Crippen molar-refractivity contribution in [2.24, 2.45) is 0 Å². The van der Waals surface area contributed by atoms with Gasteiger partial charge in [0.15, 0.2) is 0 Å². The number of thiophene rings is 1. The third kappa shape index (κ3) is 3.72. The van der Waals surface area contributed by atoms with Crippen LogP contribution in [0, 0.1) is 0 Å². The minimum absolute atomic E-state index is 0.190. The van der Waals surface area contributed by atoms with E-state index in [1.165, 1.54) is 10.6 Å². The second-order valence-electron chi connectivity index (χ2n) is 4.63. The molecule has 2 aromatic heterocycles. The van der Waals surface area contributed by atoms with Crippen LogP contribution in [0.5, 0.6) is 0 Å². The van der Waals surface area contributed by atoms with Crippen molar-refractivity contribution in [1.82, 2.24) is 15.1 Å². The average Bonchev–Trinajstić information content (AvgIpc) is 3.00. The lowest BCUT2D eigenvalue weighted by Crippen LogP contribution is -2.25. The first-order valence-corrected chi connectivity index (χ1v) is 9.27. The third-order valence-corrected chi connectivity index (χ3v) is 5.32. The van der Waals surface area contributed by atoms with Crippen molar-refractivity contribution in [3.05, 3.63) is 37.2 Å². The number of aryl methyl sites for hydroxylation is 1. The Balaban J connectivity index is 2.37. The van der Waals surface area contributed by atoms with Crippen LogP contribution in [0.4, 0.5) is 0 Å². The number of halogens is 2. The predicted molar refractivity (Wildman–Crippen MR) is 92.4 cm³/mol. The molecule has 3 nitrogen and oxygen atoms in total. The molecule has 0 radical (unpaired) electrons. The van der Waals surface area contributed by atoms with Crippen LogP contribution in [0.15, 0.2) is 26.6 Å². The van der Waals surface area contributed by atoms with E-state index >= 15 is 0 Å². The smallest absolute Gasteiger partial charge is 0.0853 e. The highest BCUT2D eigenvalue weighted by atomic mass is 79.9. The van der Waals surface area contributed by atoms with Gasteiger partial charge in [-0.1, -0.05) is 13.8 Å².